The molecular weight excluding hydrogens is 412 g/mol. The predicted octanol–water partition coefficient (Wildman–Crippen LogP) is 1.75. The highest BCUT2D eigenvalue weighted by Gasteiger charge is 2.38. The van der Waals surface area contributed by atoms with Crippen molar-refractivity contribution in [2.24, 2.45) is 16.5 Å². The van der Waals surface area contributed by atoms with Gasteiger partial charge in [-0.15, -0.1) is 11.3 Å². The van der Waals surface area contributed by atoms with Gasteiger partial charge in [0, 0.05) is 10.6 Å². The Morgan fingerprint density at radius 3 is 2.69 bits per heavy atom. The molecule has 8 nitrogen and oxygen atoms in total. The van der Waals surface area contributed by atoms with Crippen molar-refractivity contribution in [3.8, 4) is 0 Å². The van der Waals surface area contributed by atoms with Gasteiger partial charge < -0.3 is 21.5 Å². The van der Waals surface area contributed by atoms with E-state index in [9.17, 15) is 14.4 Å². The van der Waals surface area contributed by atoms with Crippen LogP contribution in [0.25, 0.3) is 0 Å². The Bertz CT molecular complexity index is 977. The highest BCUT2D eigenvalue weighted by molar-refractivity contribution is 8.16. The van der Waals surface area contributed by atoms with Crippen molar-refractivity contribution < 1.29 is 19.1 Å². The molecule has 0 bridgehead atoms. The van der Waals surface area contributed by atoms with E-state index < -0.39 is 23.0 Å². The normalized spacial score (nSPS) is 19.4. The van der Waals surface area contributed by atoms with E-state index in [0.29, 0.717) is 22.2 Å². The summed E-state index contributed by atoms with van der Waals surface area (Å²) in [4.78, 5) is 42.4. The van der Waals surface area contributed by atoms with Crippen LogP contribution in [-0.2, 0) is 27.2 Å². The number of nitrogens with zero attached hydrogens (tertiary/aromatic N) is 1. The number of carbonyl (C=O) groups excluding carboxylic acids is 3. The monoisotopic (exact) mass is 434 g/mol. The van der Waals surface area contributed by atoms with Crippen molar-refractivity contribution in [1.29, 1.82) is 0 Å². The van der Waals surface area contributed by atoms with Crippen molar-refractivity contribution in [1.82, 2.24) is 0 Å². The maximum Gasteiger partial charge on any atom is 0.341 e. The van der Waals surface area contributed by atoms with Gasteiger partial charge in [-0.1, -0.05) is 23.9 Å². The zero-order chi connectivity index (χ0) is 21.3. The van der Waals surface area contributed by atoms with Crippen LogP contribution in [0.3, 0.4) is 0 Å². The van der Waals surface area contributed by atoms with Gasteiger partial charge in [0.1, 0.15) is 15.3 Å². The number of rotatable bonds is 6. The number of fused-ring (bicyclic) bond motifs is 1. The minimum atomic E-state index is -0.871. The molecule has 2 heterocycles. The van der Waals surface area contributed by atoms with Crippen LogP contribution in [0.2, 0.25) is 0 Å². The van der Waals surface area contributed by atoms with E-state index in [1.807, 2.05) is 0 Å². The average Bonchev–Trinajstić information content (AvgIpc) is 3.31. The number of nitrogens with one attached hydrogen (secondary N) is 1. The Hall–Kier alpha value is -2.59. The molecule has 1 unspecified atom stereocenters. The summed E-state index contributed by atoms with van der Waals surface area (Å²) in [5.41, 5.74) is 13.8. The lowest BCUT2D eigenvalue weighted by Gasteiger charge is -2.12. The Labute approximate surface area is 176 Å². The Morgan fingerprint density at radius 1 is 1.34 bits per heavy atom. The summed E-state index contributed by atoms with van der Waals surface area (Å²) in [5.74, 6) is -1.67. The number of thiophene rings is 1. The van der Waals surface area contributed by atoms with Crippen LogP contribution in [0, 0.1) is 0 Å². The van der Waals surface area contributed by atoms with Crippen molar-refractivity contribution in [3.05, 3.63) is 39.4 Å². The van der Waals surface area contributed by atoms with Gasteiger partial charge in [-0.05, 0) is 31.7 Å². The second-order valence-corrected chi connectivity index (χ2v) is 9.01. The van der Waals surface area contributed by atoms with Crippen LogP contribution >= 0.6 is 23.1 Å². The molecule has 1 aliphatic carbocycles. The molecule has 3 rings (SSSR count). The van der Waals surface area contributed by atoms with Gasteiger partial charge in [0.25, 0.3) is 5.91 Å². The molecule has 0 saturated heterocycles. The second-order valence-electron chi connectivity index (χ2n) is 6.81. The molecule has 10 heteroatoms. The summed E-state index contributed by atoms with van der Waals surface area (Å²) in [6.45, 7) is 5.87. The topological polar surface area (TPSA) is 137 Å². The molecule has 1 atom stereocenters. The van der Waals surface area contributed by atoms with Crippen LogP contribution in [0.1, 0.15) is 34.1 Å². The maximum absolute atomic E-state index is 13.0. The SMILES string of the molecule is C=C(C)CN=C1SC(C(=O)Nc2sc3c(c2C(=O)OC)CCC3)C(N)=C1C(N)=O. The van der Waals surface area contributed by atoms with Crippen LogP contribution in [-0.4, -0.2) is 41.7 Å². The number of anilines is 1. The molecule has 5 N–H and O–H groups in total. The van der Waals surface area contributed by atoms with E-state index in [1.54, 1.807) is 6.92 Å². The largest absolute Gasteiger partial charge is 0.465 e. The molecule has 0 radical (unpaired) electrons. The molecule has 0 spiro atoms. The summed E-state index contributed by atoms with van der Waals surface area (Å²) in [6.07, 6.45) is 2.61. The fourth-order valence-electron chi connectivity index (χ4n) is 3.24. The number of nitrogens with two attached hydrogens (primary N) is 2. The van der Waals surface area contributed by atoms with Crippen LogP contribution in [0.4, 0.5) is 5.00 Å². The highest BCUT2D eigenvalue weighted by Crippen LogP contribution is 2.40. The number of aryl methyl sites for hydroxylation is 1. The molecule has 2 amide bonds. The number of hydrogen-bond acceptors (Lipinski definition) is 8. The number of carbonyl (C=O) groups is 3. The van der Waals surface area contributed by atoms with E-state index in [4.69, 9.17) is 16.2 Å². The summed E-state index contributed by atoms with van der Waals surface area (Å²) >= 11 is 2.43. The molecule has 1 aromatic heterocycles. The molecule has 0 aromatic carbocycles. The fourth-order valence-corrected chi connectivity index (χ4v) is 5.63. The first kappa shape index (κ1) is 21.1. The van der Waals surface area contributed by atoms with E-state index in [0.717, 1.165) is 47.0 Å². The Kier molecular flexibility index (Phi) is 6.13. The van der Waals surface area contributed by atoms with Gasteiger partial charge in [0.15, 0.2) is 0 Å². The summed E-state index contributed by atoms with van der Waals surface area (Å²) in [7, 11) is 1.31. The summed E-state index contributed by atoms with van der Waals surface area (Å²) in [5, 5.41) is 2.68. The molecule has 154 valence electrons. The van der Waals surface area contributed by atoms with Gasteiger partial charge in [-0.25, -0.2) is 4.79 Å². The van der Waals surface area contributed by atoms with E-state index in [-0.39, 0.29) is 11.3 Å². The molecule has 2 aliphatic rings. The Morgan fingerprint density at radius 2 is 2.07 bits per heavy atom. The standard InChI is InChI=1S/C19H22N4O4S2/c1-8(2)7-22-17-12(15(21)24)13(20)14(29-17)16(25)23-18-11(19(26)27-3)9-5-4-6-10(9)28-18/h14H,1,4-7,20H2,2-3H3,(H2,21,24)(H,23,25). The molecular formula is C19H22N4O4S2. The maximum atomic E-state index is 13.0. The first-order valence-corrected chi connectivity index (χ1v) is 10.6. The third-order valence-electron chi connectivity index (χ3n) is 4.54. The number of hydrogen-bond donors (Lipinski definition) is 3. The first-order valence-electron chi connectivity index (χ1n) is 8.93. The predicted molar refractivity (Wildman–Crippen MR) is 115 cm³/mol. The minimum absolute atomic E-state index is 0.0539. The lowest BCUT2D eigenvalue weighted by Crippen LogP contribution is -2.30. The molecule has 0 fully saturated rings. The van der Waals surface area contributed by atoms with Crippen molar-refractivity contribution in [3.63, 3.8) is 0 Å². The quantitative estimate of drug-likeness (QED) is 0.461. The number of primary amides is 1. The van der Waals surface area contributed by atoms with Gasteiger partial charge in [0.05, 0.1) is 24.8 Å². The number of ether oxygens (including phenoxy) is 1. The van der Waals surface area contributed by atoms with Crippen molar-refractivity contribution in [2.45, 2.75) is 31.4 Å². The van der Waals surface area contributed by atoms with Gasteiger partial charge in [0.2, 0.25) is 5.91 Å². The first-order chi connectivity index (χ1) is 13.7. The van der Waals surface area contributed by atoms with Crippen molar-refractivity contribution in [2.75, 3.05) is 19.0 Å². The van der Waals surface area contributed by atoms with Crippen LogP contribution in [0.15, 0.2) is 28.4 Å². The molecule has 0 saturated carbocycles. The zero-order valence-electron chi connectivity index (χ0n) is 16.2. The fraction of sp³-hybridized carbons (Fsp3) is 0.368. The van der Waals surface area contributed by atoms with Gasteiger partial charge in [-0.2, -0.15) is 0 Å². The van der Waals surface area contributed by atoms with Gasteiger partial charge in [-0.3, -0.25) is 14.6 Å². The van der Waals surface area contributed by atoms with E-state index in [1.165, 1.54) is 18.4 Å². The summed E-state index contributed by atoms with van der Waals surface area (Å²) in [6, 6.07) is 0. The van der Waals surface area contributed by atoms with E-state index in [2.05, 4.69) is 16.9 Å². The van der Waals surface area contributed by atoms with Crippen molar-refractivity contribution >= 4 is 50.9 Å². The average molecular weight is 435 g/mol. The summed E-state index contributed by atoms with van der Waals surface area (Å²) < 4.78 is 4.90. The number of aliphatic imine (C=N–C) groups is 1. The third-order valence-corrected chi connectivity index (χ3v) is 7.01. The zero-order valence-corrected chi connectivity index (χ0v) is 17.8. The number of amides is 2. The Balaban J connectivity index is 1.89. The number of methoxy groups -OCH3 is 1. The lowest BCUT2D eigenvalue weighted by molar-refractivity contribution is -0.115. The smallest absolute Gasteiger partial charge is 0.341 e. The molecule has 1 aliphatic heterocycles. The molecule has 1 aromatic rings. The van der Waals surface area contributed by atoms with Crippen LogP contribution < -0.4 is 16.8 Å². The molecule has 29 heavy (non-hydrogen) atoms. The number of thioether (sulfide) groups is 1. The van der Waals surface area contributed by atoms with Crippen LogP contribution in [0.5, 0.6) is 0 Å². The lowest BCUT2D eigenvalue weighted by atomic mass is 10.1. The van der Waals surface area contributed by atoms with Gasteiger partial charge >= 0.3 is 5.97 Å². The third kappa shape index (κ3) is 4.08. The number of esters is 1. The second kappa shape index (κ2) is 8.42. The highest BCUT2D eigenvalue weighted by atomic mass is 32.2. The van der Waals surface area contributed by atoms with E-state index >= 15 is 0 Å². The minimum Gasteiger partial charge on any atom is -0.465 e.